The lowest BCUT2D eigenvalue weighted by atomic mass is 9.95. The van der Waals surface area contributed by atoms with Crippen LogP contribution in [0.5, 0.6) is 0 Å². The summed E-state index contributed by atoms with van der Waals surface area (Å²) >= 11 is 8.23. The fraction of sp³-hybridized carbons (Fsp3) is 0.353. The number of rotatable bonds is 5. The first kappa shape index (κ1) is 18.9. The lowest BCUT2D eigenvalue weighted by Crippen LogP contribution is -2.21. The number of fused-ring (bicyclic) bond motifs is 1. The standard InChI is InChI=1S/C17H16ClNO5S2/c1-23-17(22)14-9-4-2-3-5-10(9)26-15(14)19-13(20)8-24-16(21)11-6-7-12(18)25-11/h6-7H,2-5,8H2,1H3,(H,19,20). The van der Waals surface area contributed by atoms with Crippen LogP contribution in [-0.2, 0) is 27.1 Å². The molecule has 0 aliphatic heterocycles. The highest BCUT2D eigenvalue weighted by molar-refractivity contribution is 7.18. The van der Waals surface area contributed by atoms with Crippen LogP contribution >= 0.6 is 34.3 Å². The largest absolute Gasteiger partial charge is 0.465 e. The molecule has 26 heavy (non-hydrogen) atoms. The van der Waals surface area contributed by atoms with Crippen LogP contribution in [0.25, 0.3) is 0 Å². The van der Waals surface area contributed by atoms with Gasteiger partial charge in [0, 0.05) is 4.88 Å². The van der Waals surface area contributed by atoms with Crippen LogP contribution in [0.15, 0.2) is 12.1 Å². The van der Waals surface area contributed by atoms with Gasteiger partial charge in [-0.2, -0.15) is 0 Å². The first-order valence-corrected chi connectivity index (χ1v) is 9.96. The Labute approximate surface area is 163 Å². The highest BCUT2D eigenvalue weighted by Crippen LogP contribution is 2.38. The molecule has 1 N–H and O–H groups in total. The molecule has 1 amide bonds. The maximum Gasteiger partial charge on any atom is 0.348 e. The molecule has 0 unspecified atom stereocenters. The number of methoxy groups -OCH3 is 1. The number of carbonyl (C=O) groups is 3. The molecule has 3 rings (SSSR count). The predicted octanol–water partition coefficient (Wildman–Crippen LogP) is 3.92. The van der Waals surface area contributed by atoms with Crippen LogP contribution in [0, 0.1) is 0 Å². The number of aryl methyl sites for hydroxylation is 1. The van der Waals surface area contributed by atoms with Crippen molar-refractivity contribution >= 4 is 57.1 Å². The van der Waals surface area contributed by atoms with Crippen molar-refractivity contribution in [3.63, 3.8) is 0 Å². The Morgan fingerprint density at radius 3 is 2.62 bits per heavy atom. The minimum absolute atomic E-state index is 0.324. The average molecular weight is 414 g/mol. The lowest BCUT2D eigenvalue weighted by molar-refractivity contribution is -0.119. The van der Waals surface area contributed by atoms with Gasteiger partial charge in [0.05, 0.1) is 17.0 Å². The van der Waals surface area contributed by atoms with E-state index in [1.54, 1.807) is 6.07 Å². The van der Waals surface area contributed by atoms with Crippen LogP contribution in [0.1, 0.15) is 43.3 Å². The molecule has 0 radical (unpaired) electrons. The van der Waals surface area contributed by atoms with Crippen LogP contribution in [0.4, 0.5) is 5.00 Å². The summed E-state index contributed by atoms with van der Waals surface area (Å²) in [5.74, 6) is -1.59. The number of hydrogen-bond acceptors (Lipinski definition) is 7. The fourth-order valence-corrected chi connectivity index (χ4v) is 4.99. The number of carbonyl (C=O) groups excluding carboxylic acids is 3. The Kier molecular flexibility index (Phi) is 5.95. The number of esters is 2. The Hall–Kier alpha value is -1.90. The molecule has 0 atom stereocenters. The normalized spacial score (nSPS) is 13.0. The van der Waals surface area contributed by atoms with Crippen molar-refractivity contribution in [2.75, 3.05) is 19.0 Å². The summed E-state index contributed by atoms with van der Waals surface area (Å²) in [6.45, 7) is -0.447. The summed E-state index contributed by atoms with van der Waals surface area (Å²) in [6.07, 6.45) is 3.73. The zero-order chi connectivity index (χ0) is 18.7. The third kappa shape index (κ3) is 4.08. The van der Waals surface area contributed by atoms with Crippen molar-refractivity contribution in [3.05, 3.63) is 37.4 Å². The van der Waals surface area contributed by atoms with Crippen molar-refractivity contribution in [2.45, 2.75) is 25.7 Å². The smallest absolute Gasteiger partial charge is 0.348 e. The van der Waals surface area contributed by atoms with Gasteiger partial charge in [-0.25, -0.2) is 9.59 Å². The van der Waals surface area contributed by atoms with Gasteiger partial charge in [0.2, 0.25) is 0 Å². The summed E-state index contributed by atoms with van der Waals surface area (Å²) in [7, 11) is 1.31. The Morgan fingerprint density at radius 1 is 1.15 bits per heavy atom. The molecule has 0 bridgehead atoms. The predicted molar refractivity (Wildman–Crippen MR) is 101 cm³/mol. The van der Waals surface area contributed by atoms with Crippen LogP contribution in [-0.4, -0.2) is 31.6 Å². The van der Waals surface area contributed by atoms with Gasteiger partial charge in [-0.3, -0.25) is 4.79 Å². The molecule has 2 aromatic heterocycles. The quantitative estimate of drug-likeness (QED) is 0.751. The minimum atomic E-state index is -0.615. The van der Waals surface area contributed by atoms with E-state index >= 15 is 0 Å². The van der Waals surface area contributed by atoms with Gasteiger partial charge in [0.1, 0.15) is 9.88 Å². The van der Waals surface area contributed by atoms with Crippen LogP contribution < -0.4 is 5.32 Å². The van der Waals surface area contributed by atoms with E-state index in [0.29, 0.717) is 19.8 Å². The number of hydrogen-bond donors (Lipinski definition) is 1. The van der Waals surface area contributed by atoms with Crippen molar-refractivity contribution in [3.8, 4) is 0 Å². The van der Waals surface area contributed by atoms with Gasteiger partial charge in [0.15, 0.2) is 6.61 Å². The molecule has 0 spiro atoms. The Morgan fingerprint density at radius 2 is 1.92 bits per heavy atom. The van der Waals surface area contributed by atoms with Gasteiger partial charge in [-0.05, 0) is 43.4 Å². The van der Waals surface area contributed by atoms with Gasteiger partial charge in [-0.1, -0.05) is 11.6 Å². The number of amides is 1. The number of thiophene rings is 2. The third-order valence-electron chi connectivity index (χ3n) is 3.92. The summed E-state index contributed by atoms with van der Waals surface area (Å²) in [4.78, 5) is 37.6. The SMILES string of the molecule is COC(=O)c1c(NC(=O)COC(=O)c2ccc(Cl)s2)sc2c1CCCC2. The molecule has 0 saturated heterocycles. The second-order valence-electron chi connectivity index (χ2n) is 5.63. The summed E-state index contributed by atoms with van der Waals surface area (Å²) in [6, 6.07) is 3.12. The number of anilines is 1. The lowest BCUT2D eigenvalue weighted by Gasteiger charge is -2.11. The van der Waals surface area contributed by atoms with Crippen molar-refractivity contribution < 1.29 is 23.9 Å². The maximum absolute atomic E-state index is 12.2. The molecule has 138 valence electrons. The molecule has 0 fully saturated rings. The van der Waals surface area contributed by atoms with Crippen molar-refractivity contribution in [1.29, 1.82) is 0 Å². The molecule has 2 heterocycles. The van der Waals surface area contributed by atoms with Crippen LogP contribution in [0.2, 0.25) is 4.34 Å². The summed E-state index contributed by atoms with van der Waals surface area (Å²) in [5, 5.41) is 3.12. The number of ether oxygens (including phenoxy) is 2. The van der Waals surface area contributed by atoms with Crippen molar-refractivity contribution in [2.24, 2.45) is 0 Å². The molecule has 1 aliphatic rings. The molecule has 2 aromatic rings. The molecule has 0 saturated carbocycles. The zero-order valence-electron chi connectivity index (χ0n) is 13.9. The minimum Gasteiger partial charge on any atom is -0.465 e. The van der Waals surface area contributed by atoms with E-state index in [4.69, 9.17) is 21.1 Å². The van der Waals surface area contributed by atoms with Crippen LogP contribution in [0.3, 0.4) is 0 Å². The van der Waals surface area contributed by atoms with Gasteiger partial charge in [-0.15, -0.1) is 22.7 Å². The van der Waals surface area contributed by atoms with E-state index < -0.39 is 24.5 Å². The number of halogens is 1. The highest BCUT2D eigenvalue weighted by atomic mass is 35.5. The molecule has 0 aromatic carbocycles. The molecule has 1 aliphatic carbocycles. The van der Waals surface area contributed by atoms with Gasteiger partial charge in [0.25, 0.3) is 5.91 Å². The van der Waals surface area contributed by atoms with Gasteiger partial charge >= 0.3 is 11.9 Å². The van der Waals surface area contributed by atoms with E-state index in [0.717, 1.165) is 47.5 Å². The molecule has 6 nitrogen and oxygen atoms in total. The van der Waals surface area contributed by atoms with E-state index in [9.17, 15) is 14.4 Å². The van der Waals surface area contributed by atoms with E-state index in [1.807, 2.05) is 0 Å². The third-order valence-corrected chi connectivity index (χ3v) is 6.34. The second-order valence-corrected chi connectivity index (χ2v) is 8.45. The van der Waals surface area contributed by atoms with E-state index in [2.05, 4.69) is 5.32 Å². The first-order valence-electron chi connectivity index (χ1n) is 7.94. The number of nitrogens with one attached hydrogen (secondary N) is 1. The maximum atomic E-state index is 12.2. The van der Waals surface area contributed by atoms with E-state index in [-0.39, 0.29) is 0 Å². The van der Waals surface area contributed by atoms with Gasteiger partial charge < -0.3 is 14.8 Å². The van der Waals surface area contributed by atoms with Crippen molar-refractivity contribution in [1.82, 2.24) is 0 Å². The monoisotopic (exact) mass is 413 g/mol. The summed E-state index contributed by atoms with van der Waals surface area (Å²) < 4.78 is 10.3. The molecular weight excluding hydrogens is 398 g/mol. The molecule has 9 heteroatoms. The molecular formula is C17H16ClNO5S2. The van der Waals surface area contributed by atoms with E-state index in [1.165, 1.54) is 24.5 Å². The summed E-state index contributed by atoms with van der Waals surface area (Å²) in [5.41, 5.74) is 1.37. The topological polar surface area (TPSA) is 81.7 Å². The highest BCUT2D eigenvalue weighted by Gasteiger charge is 2.27. The average Bonchev–Trinajstić information content (AvgIpc) is 3.22. The first-order chi connectivity index (χ1) is 12.5. The zero-order valence-corrected chi connectivity index (χ0v) is 16.3. The fourth-order valence-electron chi connectivity index (χ4n) is 2.76. The Balaban J connectivity index is 1.68. The Bertz CT molecular complexity index is 857. The second kappa shape index (κ2) is 8.20.